The molecule has 6 heteroatoms. The topological polar surface area (TPSA) is 71.0 Å². The molecule has 0 saturated carbocycles. The molecule has 114 valence electrons. The molecule has 0 amide bonds. The minimum atomic E-state index is 0. The van der Waals surface area contributed by atoms with Crippen molar-refractivity contribution in [2.75, 3.05) is 0 Å². The van der Waals surface area contributed by atoms with Gasteiger partial charge in [-0.3, -0.25) is 4.40 Å². The molecule has 0 spiro atoms. The fourth-order valence-corrected chi connectivity index (χ4v) is 2.99. The summed E-state index contributed by atoms with van der Waals surface area (Å²) in [6.07, 6.45) is 1.98. The molecule has 5 nitrogen and oxygen atoms in total. The van der Waals surface area contributed by atoms with Gasteiger partial charge in [-0.1, -0.05) is 29.4 Å². The molecule has 4 aromatic rings. The molecule has 1 aromatic carbocycles. The summed E-state index contributed by atoms with van der Waals surface area (Å²) in [5.74, 6) is 1.71. The Morgan fingerprint density at radius 1 is 1.04 bits per heavy atom. The molecule has 0 atom stereocenters. The van der Waals surface area contributed by atoms with E-state index in [0.717, 1.165) is 45.3 Å². The van der Waals surface area contributed by atoms with Crippen molar-refractivity contribution in [1.82, 2.24) is 14.5 Å². The predicted octanol–water partition coefficient (Wildman–Crippen LogP) is 0.151. The number of rotatable bonds is 2. The number of aromatic nitrogens is 3. The van der Waals surface area contributed by atoms with Crippen molar-refractivity contribution in [2.24, 2.45) is 0 Å². The molecule has 24 heavy (non-hydrogen) atoms. The smallest absolute Gasteiger partial charge is 0.361 e. The second-order valence-electron chi connectivity index (χ2n) is 5.62. The summed E-state index contributed by atoms with van der Waals surface area (Å²) < 4.78 is 7.28. The Morgan fingerprint density at radius 3 is 2.54 bits per heavy atom. The Balaban J connectivity index is 0.00000169. The summed E-state index contributed by atoms with van der Waals surface area (Å²) in [4.78, 5) is 4.71. The molecule has 0 aliphatic carbocycles. The quantitative estimate of drug-likeness (QED) is 0.529. The Bertz CT molecular complexity index is 999. The van der Waals surface area contributed by atoms with Crippen molar-refractivity contribution in [3.63, 3.8) is 0 Å². The molecule has 4 rings (SSSR count). The first-order chi connectivity index (χ1) is 11.1. The molecule has 3 heterocycles. The van der Waals surface area contributed by atoms with E-state index in [1.807, 2.05) is 48.7 Å². The molecule has 0 bridgehead atoms. The normalized spacial score (nSPS) is 10.8. The Labute approximate surface area is 188 Å². The van der Waals surface area contributed by atoms with Crippen LogP contribution in [0, 0.1) is 13.8 Å². The van der Waals surface area contributed by atoms with Crippen molar-refractivity contribution in [3.8, 4) is 22.4 Å². The van der Waals surface area contributed by atoms with Gasteiger partial charge < -0.3 is 10.3 Å². The zero-order valence-electron chi connectivity index (χ0n) is 14.1. The fraction of sp³-hybridized carbons (Fsp3) is 0.111. The third-order valence-corrected chi connectivity index (χ3v) is 4.09. The summed E-state index contributed by atoms with van der Waals surface area (Å²) in [6, 6.07) is 14.2. The Morgan fingerprint density at radius 2 is 1.83 bits per heavy atom. The number of nitrogens with zero attached hydrogens (tertiary/aromatic N) is 3. The van der Waals surface area contributed by atoms with Gasteiger partial charge in [0.15, 0.2) is 5.69 Å². The molecule has 0 unspecified atom stereocenters. The van der Waals surface area contributed by atoms with Crippen LogP contribution in [0.3, 0.4) is 0 Å². The largest absolute Gasteiger partial charge is 1.00 e. The van der Waals surface area contributed by atoms with Gasteiger partial charge in [0.25, 0.3) is 0 Å². The molecule has 0 saturated heterocycles. The Kier molecular flexibility index (Phi) is 5.17. The van der Waals surface area contributed by atoms with Crippen molar-refractivity contribution < 1.29 is 68.4 Å². The van der Waals surface area contributed by atoms with Gasteiger partial charge in [-0.05, 0) is 37.6 Å². The molecule has 0 aliphatic rings. The van der Waals surface area contributed by atoms with Gasteiger partial charge in [0.1, 0.15) is 11.4 Å². The van der Waals surface area contributed by atoms with E-state index < -0.39 is 0 Å². The maximum absolute atomic E-state index is 5.28. The first-order valence-corrected chi connectivity index (χ1v) is 7.48. The van der Waals surface area contributed by atoms with Gasteiger partial charge in [0.05, 0.1) is 5.69 Å². The molecule has 0 radical (unpaired) electrons. The van der Waals surface area contributed by atoms with E-state index >= 15 is 0 Å². The van der Waals surface area contributed by atoms with E-state index in [1.54, 1.807) is 0 Å². The van der Waals surface area contributed by atoms with E-state index in [0.29, 0.717) is 0 Å². The van der Waals surface area contributed by atoms with E-state index in [-0.39, 0.29) is 58.2 Å². The average Bonchev–Trinajstić information content (AvgIpc) is 3.08. The van der Waals surface area contributed by atoms with Crippen LogP contribution < -0.4 is 63.9 Å². The zero-order valence-corrected chi connectivity index (χ0v) is 19.0. The van der Waals surface area contributed by atoms with Gasteiger partial charge in [-0.2, -0.15) is 0 Å². The second-order valence-corrected chi connectivity index (χ2v) is 5.62. The monoisotopic (exact) mass is 390 g/mol. The molecule has 0 aliphatic heterocycles. The summed E-state index contributed by atoms with van der Waals surface area (Å²) in [5, 5.41) is 4.04. The van der Waals surface area contributed by atoms with Crippen LogP contribution >= 0.6 is 0 Å². The molecule has 0 fully saturated rings. The van der Waals surface area contributed by atoms with Crippen LogP contribution in [0.4, 0.5) is 5.82 Å². The number of hydrogen-bond donors (Lipinski definition) is 1. The number of hydrogen-bond acceptors (Lipinski definition) is 3. The van der Waals surface area contributed by atoms with Gasteiger partial charge in [-0.25, -0.2) is 4.98 Å². The zero-order chi connectivity index (χ0) is 16.0. The minimum Gasteiger partial charge on any atom is -0.361 e. The number of fused-ring (bicyclic) bond motifs is 1. The number of imidazole rings is 1. The van der Waals surface area contributed by atoms with Crippen LogP contribution in [0.2, 0.25) is 0 Å². The molecule has 3 aromatic heterocycles. The molecule has 3 N–H and O–H groups in total. The summed E-state index contributed by atoms with van der Waals surface area (Å²) in [7, 11) is 0. The van der Waals surface area contributed by atoms with Crippen molar-refractivity contribution in [1.29, 1.82) is 0 Å². The standard InChI is InChI=1S/C18H16N4O.Rb/c1-11-16(12(2)23-21-11)13-6-5-7-14(10-13)17-18(19)22-9-4-3-8-15(22)20-17;/h3-10H,19H2,1-2H3;/q;+1/p+1. The van der Waals surface area contributed by atoms with Gasteiger partial charge in [0, 0.05) is 17.3 Å². The molecular weight excluding hydrogens is 374 g/mol. The van der Waals surface area contributed by atoms with Crippen LogP contribution in [0.5, 0.6) is 0 Å². The maximum Gasteiger partial charge on any atom is 1.00 e. The third kappa shape index (κ3) is 2.95. The van der Waals surface area contributed by atoms with Crippen LogP contribution in [0.25, 0.3) is 28.0 Å². The maximum atomic E-state index is 5.28. The van der Waals surface area contributed by atoms with Crippen molar-refractivity contribution >= 4 is 11.5 Å². The van der Waals surface area contributed by atoms with Crippen molar-refractivity contribution in [2.45, 2.75) is 13.8 Å². The second kappa shape index (κ2) is 7.02. The van der Waals surface area contributed by atoms with Crippen LogP contribution in [0.15, 0.2) is 53.2 Å². The van der Waals surface area contributed by atoms with Crippen LogP contribution in [-0.2, 0) is 0 Å². The minimum absolute atomic E-state index is 0. The van der Waals surface area contributed by atoms with E-state index in [2.05, 4.69) is 29.1 Å². The van der Waals surface area contributed by atoms with E-state index in [4.69, 9.17) is 9.51 Å². The summed E-state index contributed by atoms with van der Waals surface area (Å²) in [5.41, 5.74) is 10.0. The number of pyridine rings is 1. The number of aryl methyl sites for hydroxylation is 2. The first kappa shape index (κ1) is 17.7. The van der Waals surface area contributed by atoms with Crippen LogP contribution in [-0.4, -0.2) is 14.5 Å². The number of benzene rings is 1. The van der Waals surface area contributed by atoms with Gasteiger partial charge in [0.2, 0.25) is 5.82 Å². The third-order valence-electron chi connectivity index (χ3n) is 4.09. The van der Waals surface area contributed by atoms with Gasteiger partial charge >= 0.3 is 58.2 Å². The first-order valence-electron chi connectivity index (χ1n) is 7.48. The van der Waals surface area contributed by atoms with Crippen molar-refractivity contribution in [3.05, 3.63) is 60.1 Å². The Hall–Kier alpha value is -1.11. The SMILES string of the molecule is Cc1noc(C)c1-c1cccc(-c2nc3ccccn3c2[NH3+])c1.[Rb+]. The fourth-order valence-electron chi connectivity index (χ4n) is 2.99. The van der Waals surface area contributed by atoms with Gasteiger partial charge in [-0.15, -0.1) is 0 Å². The summed E-state index contributed by atoms with van der Waals surface area (Å²) in [6.45, 7) is 3.88. The summed E-state index contributed by atoms with van der Waals surface area (Å²) >= 11 is 0. The molecular formula is C18H17N4ORb+2. The number of quaternary nitrogens is 1. The average molecular weight is 391 g/mol. The van der Waals surface area contributed by atoms with E-state index in [1.165, 1.54) is 0 Å². The predicted molar refractivity (Wildman–Crippen MR) is 88.1 cm³/mol. The van der Waals surface area contributed by atoms with Crippen LogP contribution in [0.1, 0.15) is 11.5 Å². The van der Waals surface area contributed by atoms with E-state index in [9.17, 15) is 0 Å².